The lowest BCUT2D eigenvalue weighted by Crippen LogP contribution is -1.89. The Kier molecular flexibility index (Phi) is 4.91. The number of hydrogen-bond acceptors (Lipinski definition) is 2. The first-order valence-electron chi connectivity index (χ1n) is 7.20. The molecule has 20 heavy (non-hydrogen) atoms. The second kappa shape index (κ2) is 6.67. The summed E-state index contributed by atoms with van der Waals surface area (Å²) < 4.78 is 1.35. The van der Waals surface area contributed by atoms with E-state index in [2.05, 4.69) is 55.2 Å². The van der Waals surface area contributed by atoms with Crippen molar-refractivity contribution in [1.82, 2.24) is 4.98 Å². The maximum atomic E-state index is 4.50. The SMILES string of the molecule is CC.CC(C)c1c(-c2ccccn2)sc2ccccc12. The predicted molar refractivity (Wildman–Crippen MR) is 90.5 cm³/mol. The molecule has 0 aliphatic carbocycles. The van der Waals surface area contributed by atoms with E-state index in [4.69, 9.17) is 0 Å². The number of aromatic nitrogens is 1. The molecule has 0 aliphatic heterocycles. The fourth-order valence-electron chi connectivity index (χ4n) is 2.33. The van der Waals surface area contributed by atoms with Gasteiger partial charge in [-0.3, -0.25) is 4.98 Å². The van der Waals surface area contributed by atoms with E-state index in [1.165, 1.54) is 20.5 Å². The molecule has 0 spiro atoms. The number of benzene rings is 1. The molecule has 0 amide bonds. The zero-order valence-electron chi connectivity index (χ0n) is 12.6. The Morgan fingerprint density at radius 2 is 1.65 bits per heavy atom. The Morgan fingerprint density at radius 3 is 2.30 bits per heavy atom. The summed E-state index contributed by atoms with van der Waals surface area (Å²) >= 11 is 1.84. The third-order valence-corrected chi connectivity index (χ3v) is 4.32. The fraction of sp³-hybridized carbons (Fsp3) is 0.278. The van der Waals surface area contributed by atoms with Crippen LogP contribution in [0, 0.1) is 0 Å². The molecule has 0 N–H and O–H groups in total. The van der Waals surface area contributed by atoms with Gasteiger partial charge in [0.2, 0.25) is 0 Å². The van der Waals surface area contributed by atoms with Crippen molar-refractivity contribution in [3.8, 4) is 10.6 Å². The van der Waals surface area contributed by atoms with Gasteiger partial charge in [-0.25, -0.2) is 0 Å². The van der Waals surface area contributed by atoms with Crippen molar-refractivity contribution < 1.29 is 0 Å². The Hall–Kier alpha value is -1.67. The van der Waals surface area contributed by atoms with Crippen LogP contribution in [0.2, 0.25) is 0 Å². The molecule has 1 aromatic carbocycles. The van der Waals surface area contributed by atoms with E-state index >= 15 is 0 Å². The molecular formula is C18H21NS. The van der Waals surface area contributed by atoms with Crippen molar-refractivity contribution in [2.75, 3.05) is 0 Å². The highest BCUT2D eigenvalue weighted by molar-refractivity contribution is 7.22. The van der Waals surface area contributed by atoms with Gasteiger partial charge in [0.25, 0.3) is 0 Å². The molecule has 1 nitrogen and oxygen atoms in total. The van der Waals surface area contributed by atoms with Gasteiger partial charge in [-0.2, -0.15) is 0 Å². The average molecular weight is 283 g/mol. The molecule has 2 heteroatoms. The van der Waals surface area contributed by atoms with Gasteiger partial charge in [0.1, 0.15) is 0 Å². The third kappa shape index (κ3) is 2.75. The minimum Gasteiger partial charge on any atom is -0.255 e. The summed E-state index contributed by atoms with van der Waals surface area (Å²) in [6.45, 7) is 8.50. The first kappa shape index (κ1) is 14.7. The summed E-state index contributed by atoms with van der Waals surface area (Å²) in [6, 6.07) is 14.7. The summed E-state index contributed by atoms with van der Waals surface area (Å²) in [4.78, 5) is 5.81. The van der Waals surface area contributed by atoms with Crippen molar-refractivity contribution >= 4 is 21.4 Å². The Labute approximate surface area is 125 Å². The van der Waals surface area contributed by atoms with Crippen LogP contribution >= 0.6 is 11.3 Å². The van der Waals surface area contributed by atoms with E-state index in [9.17, 15) is 0 Å². The highest BCUT2D eigenvalue weighted by atomic mass is 32.1. The van der Waals surface area contributed by atoms with Gasteiger partial charge in [-0.1, -0.05) is 52.0 Å². The standard InChI is InChI=1S/C16H15NS.C2H6/c1-11(2)15-12-7-3-4-9-14(12)18-16(15)13-8-5-6-10-17-13;1-2/h3-11H,1-2H3;1-2H3. The van der Waals surface area contributed by atoms with E-state index in [1.54, 1.807) is 0 Å². The van der Waals surface area contributed by atoms with Gasteiger partial charge in [-0.15, -0.1) is 11.3 Å². The number of rotatable bonds is 2. The summed E-state index contributed by atoms with van der Waals surface area (Å²) in [6.07, 6.45) is 1.86. The van der Waals surface area contributed by atoms with Gasteiger partial charge in [-0.05, 0) is 35.1 Å². The van der Waals surface area contributed by atoms with Crippen molar-refractivity contribution in [3.05, 3.63) is 54.2 Å². The minimum absolute atomic E-state index is 0.512. The van der Waals surface area contributed by atoms with Crippen LogP contribution in [-0.2, 0) is 0 Å². The van der Waals surface area contributed by atoms with Crippen molar-refractivity contribution in [2.24, 2.45) is 0 Å². The van der Waals surface area contributed by atoms with Crippen LogP contribution in [0.1, 0.15) is 39.2 Å². The van der Waals surface area contributed by atoms with Crippen LogP contribution in [0.4, 0.5) is 0 Å². The van der Waals surface area contributed by atoms with Gasteiger partial charge in [0.15, 0.2) is 0 Å². The lowest BCUT2D eigenvalue weighted by atomic mass is 9.98. The van der Waals surface area contributed by atoms with Crippen LogP contribution in [0.25, 0.3) is 20.7 Å². The zero-order valence-corrected chi connectivity index (χ0v) is 13.4. The normalized spacial score (nSPS) is 10.4. The molecule has 0 bridgehead atoms. The number of hydrogen-bond donors (Lipinski definition) is 0. The minimum atomic E-state index is 0.512. The van der Waals surface area contributed by atoms with Gasteiger partial charge >= 0.3 is 0 Å². The Morgan fingerprint density at radius 1 is 0.950 bits per heavy atom. The molecule has 0 fully saturated rings. The van der Waals surface area contributed by atoms with Crippen LogP contribution in [0.3, 0.4) is 0 Å². The van der Waals surface area contributed by atoms with Crippen molar-refractivity contribution in [3.63, 3.8) is 0 Å². The lowest BCUT2D eigenvalue weighted by Gasteiger charge is -2.07. The molecule has 3 rings (SSSR count). The molecule has 3 aromatic rings. The molecule has 104 valence electrons. The van der Waals surface area contributed by atoms with Gasteiger partial charge in [0, 0.05) is 10.9 Å². The van der Waals surface area contributed by atoms with E-state index in [0.29, 0.717) is 5.92 Å². The molecule has 0 saturated heterocycles. The molecular weight excluding hydrogens is 262 g/mol. The molecule has 2 heterocycles. The second-order valence-corrected chi connectivity index (χ2v) is 5.76. The maximum absolute atomic E-state index is 4.50. The lowest BCUT2D eigenvalue weighted by molar-refractivity contribution is 0.881. The summed E-state index contributed by atoms with van der Waals surface area (Å²) in [5, 5.41) is 1.37. The van der Waals surface area contributed by atoms with Crippen LogP contribution in [-0.4, -0.2) is 4.98 Å². The van der Waals surface area contributed by atoms with Gasteiger partial charge < -0.3 is 0 Å². The Balaban J connectivity index is 0.000000704. The third-order valence-electron chi connectivity index (χ3n) is 3.11. The summed E-state index contributed by atoms with van der Waals surface area (Å²) in [5.41, 5.74) is 2.51. The highest BCUT2D eigenvalue weighted by Crippen LogP contribution is 2.41. The van der Waals surface area contributed by atoms with Crippen LogP contribution in [0.5, 0.6) is 0 Å². The van der Waals surface area contributed by atoms with Gasteiger partial charge in [0.05, 0.1) is 10.6 Å². The maximum Gasteiger partial charge on any atom is 0.0805 e. The fourth-order valence-corrected chi connectivity index (χ4v) is 3.66. The monoisotopic (exact) mass is 283 g/mol. The van der Waals surface area contributed by atoms with Crippen LogP contribution in [0.15, 0.2) is 48.7 Å². The first-order valence-corrected chi connectivity index (χ1v) is 8.02. The molecule has 0 aliphatic rings. The van der Waals surface area contributed by atoms with E-state index in [0.717, 1.165) is 5.69 Å². The highest BCUT2D eigenvalue weighted by Gasteiger charge is 2.16. The molecule has 0 radical (unpaired) electrons. The summed E-state index contributed by atoms with van der Waals surface area (Å²) in [7, 11) is 0. The molecule has 0 saturated carbocycles. The molecule has 2 aromatic heterocycles. The number of pyridine rings is 1. The topological polar surface area (TPSA) is 12.9 Å². The second-order valence-electron chi connectivity index (χ2n) is 4.71. The number of nitrogens with zero attached hydrogens (tertiary/aromatic N) is 1. The predicted octanol–water partition coefficient (Wildman–Crippen LogP) is 6.11. The van der Waals surface area contributed by atoms with E-state index in [-0.39, 0.29) is 0 Å². The molecule has 0 unspecified atom stereocenters. The van der Waals surface area contributed by atoms with Crippen molar-refractivity contribution in [2.45, 2.75) is 33.6 Å². The molecule has 0 atom stereocenters. The van der Waals surface area contributed by atoms with E-state index in [1.807, 2.05) is 37.4 Å². The zero-order chi connectivity index (χ0) is 14.5. The number of thiophene rings is 1. The largest absolute Gasteiger partial charge is 0.255 e. The quantitative estimate of drug-likeness (QED) is 0.552. The van der Waals surface area contributed by atoms with E-state index < -0.39 is 0 Å². The average Bonchev–Trinajstić information content (AvgIpc) is 2.90. The van der Waals surface area contributed by atoms with Crippen LogP contribution < -0.4 is 0 Å². The smallest absolute Gasteiger partial charge is 0.0805 e. The Bertz CT molecular complexity index is 668. The summed E-state index contributed by atoms with van der Waals surface area (Å²) in [5.74, 6) is 0.512. The number of fused-ring (bicyclic) bond motifs is 1. The van der Waals surface area contributed by atoms with Crippen molar-refractivity contribution in [1.29, 1.82) is 0 Å². The first-order chi connectivity index (χ1) is 9.77.